The van der Waals surface area contributed by atoms with E-state index in [1.165, 1.54) is 24.3 Å². The molecule has 0 amide bonds. The summed E-state index contributed by atoms with van der Waals surface area (Å²) in [6, 6.07) is 7.49. The molecule has 9 heteroatoms. The van der Waals surface area contributed by atoms with Crippen molar-refractivity contribution in [1.29, 1.82) is 0 Å². The van der Waals surface area contributed by atoms with Gasteiger partial charge in [-0.3, -0.25) is 9.11 Å². The third kappa shape index (κ3) is 3.76. The van der Waals surface area contributed by atoms with Gasteiger partial charge in [0.15, 0.2) is 0 Å². The van der Waals surface area contributed by atoms with Crippen LogP contribution in [-0.2, 0) is 20.2 Å². The molecule has 2 aromatic rings. The van der Waals surface area contributed by atoms with Crippen LogP contribution in [0.2, 0.25) is 0 Å². The van der Waals surface area contributed by atoms with Crippen LogP contribution >= 0.6 is 0 Å². The van der Waals surface area contributed by atoms with Crippen molar-refractivity contribution in [2.75, 3.05) is 0 Å². The minimum atomic E-state index is -4.35. The third-order valence-corrected chi connectivity index (χ3v) is 4.08. The Balaban J connectivity index is 0.00000180. The van der Waals surface area contributed by atoms with Crippen LogP contribution in [0.5, 0.6) is 0 Å². The van der Waals surface area contributed by atoms with Crippen LogP contribution in [0.3, 0.4) is 0 Å². The molecule has 0 unspecified atom stereocenters. The van der Waals surface area contributed by atoms with E-state index in [0.29, 0.717) is 5.39 Å². The van der Waals surface area contributed by atoms with Crippen molar-refractivity contribution in [3.05, 3.63) is 36.4 Å². The zero-order valence-electron chi connectivity index (χ0n) is 8.81. The molecule has 0 saturated heterocycles. The Labute approximate surface area is 132 Å². The maximum absolute atomic E-state index is 10.9. The van der Waals surface area contributed by atoms with Gasteiger partial charge in [-0.25, -0.2) is 0 Å². The van der Waals surface area contributed by atoms with Crippen LogP contribution in [-0.4, -0.2) is 55.5 Å². The molecule has 0 radical (unpaired) electrons. The summed E-state index contributed by atoms with van der Waals surface area (Å²) in [4.78, 5) is -0.690. The van der Waals surface area contributed by atoms with Gasteiger partial charge in [0.25, 0.3) is 20.2 Å². The Kier molecular flexibility index (Phi) is 4.79. The van der Waals surface area contributed by atoms with E-state index in [2.05, 4.69) is 0 Å². The van der Waals surface area contributed by atoms with Crippen molar-refractivity contribution in [1.82, 2.24) is 0 Å². The van der Waals surface area contributed by atoms with E-state index in [9.17, 15) is 16.8 Å². The van der Waals surface area contributed by atoms with Gasteiger partial charge >= 0.3 is 29.6 Å². The second kappa shape index (κ2) is 5.49. The Bertz CT molecular complexity index is 759. The van der Waals surface area contributed by atoms with Crippen LogP contribution < -0.4 is 0 Å². The van der Waals surface area contributed by atoms with Gasteiger partial charge < -0.3 is 0 Å². The van der Waals surface area contributed by atoms with Gasteiger partial charge in [-0.1, -0.05) is 12.1 Å². The number of hydrogen-bond donors (Lipinski definition) is 2. The summed E-state index contributed by atoms with van der Waals surface area (Å²) in [5.41, 5.74) is 0. The van der Waals surface area contributed by atoms with Gasteiger partial charge in [0.1, 0.15) is 0 Å². The summed E-state index contributed by atoms with van der Waals surface area (Å²) in [6.45, 7) is 0. The number of fused-ring (bicyclic) bond motifs is 1. The van der Waals surface area contributed by atoms with Gasteiger partial charge in [-0.05, 0) is 35.0 Å². The zero-order valence-corrected chi connectivity index (χ0v) is 10.4. The zero-order chi connectivity index (χ0) is 13.6. The van der Waals surface area contributed by atoms with Crippen molar-refractivity contribution in [3.63, 3.8) is 0 Å². The van der Waals surface area contributed by atoms with Crippen molar-refractivity contribution >= 4 is 60.6 Å². The van der Waals surface area contributed by atoms with E-state index in [4.69, 9.17) is 9.11 Å². The summed E-state index contributed by atoms with van der Waals surface area (Å²) in [7, 11) is -8.71. The monoisotopic (exact) mass is 312 g/mol. The Hall–Kier alpha value is -0.480. The molecule has 0 bridgehead atoms. The van der Waals surface area contributed by atoms with E-state index in [1.807, 2.05) is 0 Å². The van der Waals surface area contributed by atoms with Gasteiger partial charge in [-0.15, -0.1) is 0 Å². The average Bonchev–Trinajstić information content (AvgIpc) is 2.25. The molecule has 0 aromatic heterocycles. The first-order valence-electron chi connectivity index (χ1n) is 4.67. The fraction of sp³-hybridized carbons (Fsp3) is 0. The first-order valence-corrected chi connectivity index (χ1v) is 7.55. The molecule has 0 aliphatic rings. The van der Waals surface area contributed by atoms with Crippen molar-refractivity contribution < 1.29 is 25.9 Å². The predicted molar refractivity (Wildman–Crippen MR) is 70.7 cm³/mol. The fourth-order valence-corrected chi connectivity index (χ4v) is 2.56. The molecule has 0 atom stereocenters. The molecule has 98 valence electrons. The van der Waals surface area contributed by atoms with E-state index < -0.39 is 20.2 Å². The van der Waals surface area contributed by atoms with Crippen molar-refractivity contribution in [2.24, 2.45) is 0 Å². The van der Waals surface area contributed by atoms with Crippen molar-refractivity contribution in [2.45, 2.75) is 9.79 Å². The molecule has 0 aliphatic heterocycles. The third-order valence-electron chi connectivity index (χ3n) is 2.38. The predicted octanol–water partition coefficient (Wildman–Crippen LogP) is 0.685. The van der Waals surface area contributed by atoms with Crippen LogP contribution in [0.4, 0.5) is 0 Å². The molecule has 2 N–H and O–H groups in total. The molecular weight excluding hydrogens is 303 g/mol. The van der Waals surface area contributed by atoms with Crippen LogP contribution in [0.25, 0.3) is 10.8 Å². The molecule has 0 heterocycles. The molecule has 0 saturated carbocycles. The number of hydrogen-bond acceptors (Lipinski definition) is 4. The first-order chi connectivity index (χ1) is 8.18. The van der Waals surface area contributed by atoms with E-state index in [-0.39, 0.29) is 44.7 Å². The SMILES string of the molecule is O=S(=O)(O)c1ccc2ccc(S(=O)(=O)O)cc2c1.[NaH]. The number of benzene rings is 2. The molecule has 0 aliphatic carbocycles. The van der Waals surface area contributed by atoms with Crippen LogP contribution in [0.1, 0.15) is 0 Å². The molecule has 6 nitrogen and oxygen atoms in total. The summed E-state index contributed by atoms with van der Waals surface area (Å²) < 4.78 is 61.5. The fourth-order valence-electron chi connectivity index (χ4n) is 1.52. The summed E-state index contributed by atoms with van der Waals surface area (Å²) in [5, 5.41) is 0.857. The quantitative estimate of drug-likeness (QED) is 0.623. The molecule has 2 rings (SSSR count). The molecule has 0 spiro atoms. The van der Waals surface area contributed by atoms with Crippen LogP contribution in [0, 0.1) is 0 Å². The van der Waals surface area contributed by atoms with Gasteiger partial charge in [-0.2, -0.15) is 16.8 Å². The second-order valence-electron chi connectivity index (χ2n) is 3.62. The second-order valence-corrected chi connectivity index (χ2v) is 6.46. The maximum atomic E-state index is 10.9. The molecule has 0 fully saturated rings. The van der Waals surface area contributed by atoms with Crippen LogP contribution in [0.15, 0.2) is 46.2 Å². The Morgan fingerprint density at radius 2 is 1.05 bits per heavy atom. The molecule has 2 aromatic carbocycles. The standard InChI is InChI=1S/C10H8O6S2.Na.H/c11-17(12,13)9-3-1-7-2-4-10(18(14,15)16)6-8(7)5-9;;/h1-6H,(H,11,12,13)(H,14,15,16);;. The molecular formula is C10H9NaO6S2. The first kappa shape index (κ1) is 16.6. The Morgan fingerprint density at radius 1 is 0.684 bits per heavy atom. The molecule has 19 heavy (non-hydrogen) atoms. The van der Waals surface area contributed by atoms with Crippen molar-refractivity contribution in [3.8, 4) is 0 Å². The Morgan fingerprint density at radius 3 is 1.37 bits per heavy atom. The summed E-state index contributed by atoms with van der Waals surface area (Å²) >= 11 is 0. The van der Waals surface area contributed by atoms with Gasteiger partial charge in [0.05, 0.1) is 9.79 Å². The van der Waals surface area contributed by atoms with E-state index in [0.717, 1.165) is 12.1 Å². The summed E-state index contributed by atoms with van der Waals surface area (Å²) in [6.07, 6.45) is 0. The van der Waals surface area contributed by atoms with E-state index >= 15 is 0 Å². The number of rotatable bonds is 2. The minimum absolute atomic E-state index is 0. The average molecular weight is 312 g/mol. The van der Waals surface area contributed by atoms with Gasteiger partial charge in [0, 0.05) is 0 Å². The normalized spacial score (nSPS) is 12.1. The summed E-state index contributed by atoms with van der Waals surface area (Å²) in [5.74, 6) is 0. The van der Waals surface area contributed by atoms with Gasteiger partial charge in [0.2, 0.25) is 0 Å². The van der Waals surface area contributed by atoms with E-state index in [1.54, 1.807) is 0 Å². The topological polar surface area (TPSA) is 109 Å².